The standard InChI is InChI=1S/C12H19N3O2S/c1-8-10(18-12(13)14-8)11(16)15(2)7-9-5-3-4-6-17-9/h9H,3-7H2,1-2H3,(H2,13,14). The number of carbonyl (C=O) groups is 1. The SMILES string of the molecule is Cc1nc(N)sc1C(=O)N(C)CC1CCCCO1. The summed E-state index contributed by atoms with van der Waals surface area (Å²) in [5, 5.41) is 0.443. The van der Waals surface area contributed by atoms with Crippen LogP contribution in [0.25, 0.3) is 0 Å². The summed E-state index contributed by atoms with van der Waals surface area (Å²) in [6.45, 7) is 3.25. The number of hydrogen-bond acceptors (Lipinski definition) is 5. The molecule has 1 atom stereocenters. The van der Waals surface area contributed by atoms with Crippen LogP contribution in [0.2, 0.25) is 0 Å². The second-order valence-corrected chi connectivity index (χ2v) is 5.67. The smallest absolute Gasteiger partial charge is 0.265 e. The third-order valence-electron chi connectivity index (χ3n) is 3.11. The van der Waals surface area contributed by atoms with Gasteiger partial charge in [-0.05, 0) is 26.2 Å². The fraction of sp³-hybridized carbons (Fsp3) is 0.667. The predicted octanol–water partition coefficient (Wildman–Crippen LogP) is 1.67. The fourth-order valence-corrected chi connectivity index (χ4v) is 2.96. The van der Waals surface area contributed by atoms with Gasteiger partial charge in [-0.3, -0.25) is 4.79 Å². The molecule has 1 aromatic rings. The highest BCUT2D eigenvalue weighted by Crippen LogP contribution is 2.22. The number of hydrogen-bond donors (Lipinski definition) is 1. The van der Waals surface area contributed by atoms with Crippen molar-refractivity contribution < 1.29 is 9.53 Å². The molecular weight excluding hydrogens is 250 g/mol. The highest BCUT2D eigenvalue weighted by Gasteiger charge is 2.22. The van der Waals surface area contributed by atoms with Crippen LogP contribution in [0, 0.1) is 6.92 Å². The molecule has 0 aliphatic carbocycles. The quantitative estimate of drug-likeness (QED) is 0.906. The van der Waals surface area contributed by atoms with E-state index >= 15 is 0 Å². The van der Waals surface area contributed by atoms with Crippen LogP contribution in [0.3, 0.4) is 0 Å². The van der Waals surface area contributed by atoms with Gasteiger partial charge < -0.3 is 15.4 Å². The van der Waals surface area contributed by atoms with E-state index in [4.69, 9.17) is 10.5 Å². The average molecular weight is 269 g/mol. The Hall–Kier alpha value is -1.14. The first-order chi connectivity index (χ1) is 8.58. The lowest BCUT2D eigenvalue weighted by molar-refractivity contribution is -0.000119. The normalized spacial score (nSPS) is 19.8. The van der Waals surface area contributed by atoms with Gasteiger partial charge in [0.25, 0.3) is 5.91 Å². The highest BCUT2D eigenvalue weighted by atomic mass is 32.1. The molecule has 0 saturated carbocycles. The molecule has 18 heavy (non-hydrogen) atoms. The Labute approximate surface area is 111 Å². The topological polar surface area (TPSA) is 68.5 Å². The number of aryl methyl sites for hydroxylation is 1. The highest BCUT2D eigenvalue weighted by molar-refractivity contribution is 7.17. The third kappa shape index (κ3) is 3.00. The summed E-state index contributed by atoms with van der Waals surface area (Å²) < 4.78 is 5.64. The number of nitrogens with two attached hydrogens (primary N) is 1. The first kappa shape index (κ1) is 13.3. The number of carbonyl (C=O) groups excluding carboxylic acids is 1. The number of anilines is 1. The van der Waals surface area contributed by atoms with Crippen molar-refractivity contribution in [1.82, 2.24) is 9.88 Å². The lowest BCUT2D eigenvalue weighted by Gasteiger charge is -2.27. The van der Waals surface area contributed by atoms with E-state index in [9.17, 15) is 4.79 Å². The molecule has 0 aromatic carbocycles. The minimum absolute atomic E-state index is 0.0177. The molecule has 1 saturated heterocycles. The van der Waals surface area contributed by atoms with E-state index in [1.165, 1.54) is 17.8 Å². The lowest BCUT2D eigenvalue weighted by atomic mass is 10.1. The molecule has 2 heterocycles. The number of amides is 1. The second-order valence-electron chi connectivity index (χ2n) is 4.64. The van der Waals surface area contributed by atoms with Gasteiger partial charge in [-0.25, -0.2) is 4.98 Å². The Bertz CT molecular complexity index is 427. The molecule has 0 bridgehead atoms. The Balaban J connectivity index is 1.97. The van der Waals surface area contributed by atoms with Gasteiger partial charge in [0, 0.05) is 20.2 Å². The Morgan fingerprint density at radius 2 is 2.39 bits per heavy atom. The molecule has 6 heteroatoms. The third-order valence-corrected chi connectivity index (χ3v) is 4.08. The van der Waals surface area contributed by atoms with Gasteiger partial charge in [0.1, 0.15) is 4.88 Å². The Morgan fingerprint density at radius 3 is 2.94 bits per heavy atom. The minimum atomic E-state index is -0.0177. The lowest BCUT2D eigenvalue weighted by Crippen LogP contribution is -2.37. The van der Waals surface area contributed by atoms with Crippen LogP contribution in [0.4, 0.5) is 5.13 Å². The summed E-state index contributed by atoms with van der Waals surface area (Å²) in [5.74, 6) is -0.0177. The monoisotopic (exact) mass is 269 g/mol. The molecule has 1 aliphatic heterocycles. The van der Waals surface area contributed by atoms with Gasteiger partial charge in [-0.2, -0.15) is 0 Å². The molecule has 0 radical (unpaired) electrons. The average Bonchev–Trinajstić information content (AvgIpc) is 2.68. The van der Waals surface area contributed by atoms with Gasteiger partial charge in [-0.1, -0.05) is 11.3 Å². The van der Waals surface area contributed by atoms with E-state index < -0.39 is 0 Å². The first-order valence-corrected chi connectivity index (χ1v) is 6.99. The zero-order valence-corrected chi connectivity index (χ0v) is 11.6. The van der Waals surface area contributed by atoms with Gasteiger partial charge in [0.2, 0.25) is 0 Å². The molecule has 1 unspecified atom stereocenters. The molecular formula is C12H19N3O2S. The van der Waals surface area contributed by atoms with E-state index in [0.29, 0.717) is 22.2 Å². The van der Waals surface area contributed by atoms with Crippen molar-refractivity contribution >= 4 is 22.4 Å². The molecule has 5 nitrogen and oxygen atoms in total. The van der Waals surface area contributed by atoms with Gasteiger partial charge in [-0.15, -0.1) is 0 Å². The van der Waals surface area contributed by atoms with Crippen LogP contribution in [-0.2, 0) is 4.74 Å². The molecule has 2 rings (SSSR count). The number of aromatic nitrogens is 1. The van der Waals surface area contributed by atoms with E-state index in [2.05, 4.69) is 4.98 Å². The van der Waals surface area contributed by atoms with Crippen molar-refractivity contribution in [3.63, 3.8) is 0 Å². The molecule has 1 aromatic heterocycles. The molecule has 1 fully saturated rings. The van der Waals surface area contributed by atoms with Crippen molar-refractivity contribution in [2.24, 2.45) is 0 Å². The van der Waals surface area contributed by atoms with Gasteiger partial charge >= 0.3 is 0 Å². The summed E-state index contributed by atoms with van der Waals surface area (Å²) in [6, 6.07) is 0. The number of likely N-dealkylation sites (N-methyl/N-ethyl adjacent to an activating group) is 1. The Morgan fingerprint density at radius 1 is 1.61 bits per heavy atom. The summed E-state index contributed by atoms with van der Waals surface area (Å²) >= 11 is 1.25. The number of thiazole rings is 1. The summed E-state index contributed by atoms with van der Waals surface area (Å²) in [4.78, 5) is 18.7. The Kier molecular flexibility index (Phi) is 4.19. The summed E-state index contributed by atoms with van der Waals surface area (Å²) in [7, 11) is 1.80. The summed E-state index contributed by atoms with van der Waals surface area (Å²) in [5.41, 5.74) is 6.32. The number of rotatable bonds is 3. The van der Waals surface area contributed by atoms with Crippen molar-refractivity contribution in [2.75, 3.05) is 25.9 Å². The molecule has 100 valence electrons. The van der Waals surface area contributed by atoms with Crippen LogP contribution in [0.15, 0.2) is 0 Å². The maximum absolute atomic E-state index is 12.2. The largest absolute Gasteiger partial charge is 0.376 e. The van der Waals surface area contributed by atoms with Gasteiger partial charge in [0.15, 0.2) is 5.13 Å². The van der Waals surface area contributed by atoms with Crippen LogP contribution >= 0.6 is 11.3 Å². The van der Waals surface area contributed by atoms with Crippen LogP contribution in [-0.4, -0.2) is 42.1 Å². The molecule has 1 amide bonds. The zero-order valence-electron chi connectivity index (χ0n) is 10.8. The number of nitrogen functional groups attached to an aromatic ring is 1. The summed E-state index contributed by atoms with van der Waals surface area (Å²) in [6.07, 6.45) is 3.50. The van der Waals surface area contributed by atoms with Crippen molar-refractivity contribution in [3.8, 4) is 0 Å². The van der Waals surface area contributed by atoms with Crippen molar-refractivity contribution in [3.05, 3.63) is 10.6 Å². The second kappa shape index (κ2) is 5.67. The van der Waals surface area contributed by atoms with E-state index in [0.717, 1.165) is 19.4 Å². The van der Waals surface area contributed by atoms with Crippen LogP contribution in [0.1, 0.15) is 34.6 Å². The minimum Gasteiger partial charge on any atom is -0.376 e. The van der Waals surface area contributed by atoms with Gasteiger partial charge in [0.05, 0.1) is 11.8 Å². The first-order valence-electron chi connectivity index (χ1n) is 6.18. The molecule has 1 aliphatic rings. The van der Waals surface area contributed by atoms with Crippen molar-refractivity contribution in [1.29, 1.82) is 0 Å². The predicted molar refractivity (Wildman–Crippen MR) is 71.8 cm³/mol. The van der Waals surface area contributed by atoms with Crippen LogP contribution in [0.5, 0.6) is 0 Å². The maximum Gasteiger partial charge on any atom is 0.265 e. The fourth-order valence-electron chi connectivity index (χ4n) is 2.13. The number of ether oxygens (including phenoxy) is 1. The van der Waals surface area contributed by atoms with E-state index in [1.807, 2.05) is 6.92 Å². The molecule has 0 spiro atoms. The van der Waals surface area contributed by atoms with Crippen LogP contribution < -0.4 is 5.73 Å². The van der Waals surface area contributed by atoms with Crippen molar-refractivity contribution in [2.45, 2.75) is 32.3 Å². The molecule has 2 N–H and O–H groups in total. The maximum atomic E-state index is 12.2. The zero-order chi connectivity index (χ0) is 13.1. The van der Waals surface area contributed by atoms with E-state index in [1.54, 1.807) is 11.9 Å². The van der Waals surface area contributed by atoms with E-state index in [-0.39, 0.29) is 12.0 Å². The number of nitrogens with zero attached hydrogens (tertiary/aromatic N) is 2.